The van der Waals surface area contributed by atoms with Crippen molar-refractivity contribution >= 4 is 22.8 Å². The molecule has 2 aromatic carbocycles. The Morgan fingerprint density at radius 2 is 1.67 bits per heavy atom. The van der Waals surface area contributed by atoms with Crippen LogP contribution >= 0.6 is 0 Å². The topological polar surface area (TPSA) is 25.2 Å². The predicted octanol–water partition coefficient (Wildman–Crippen LogP) is 3.99. The van der Waals surface area contributed by atoms with Crippen molar-refractivity contribution in [3.8, 4) is 0 Å². The van der Waals surface area contributed by atoms with Crippen LogP contribution in [-0.2, 0) is 0 Å². The summed E-state index contributed by atoms with van der Waals surface area (Å²) in [5.41, 5.74) is 1.11. The van der Waals surface area contributed by atoms with Gasteiger partial charge in [0.15, 0.2) is 5.82 Å². The second-order valence-corrected chi connectivity index (χ2v) is 4.01. The van der Waals surface area contributed by atoms with Gasteiger partial charge in [-0.1, -0.05) is 48.5 Å². The molecule has 0 radical (unpaired) electrons. The Bertz CT molecular complexity index is 682. The van der Waals surface area contributed by atoms with Crippen LogP contribution in [0.15, 0.2) is 71.9 Å². The summed E-state index contributed by atoms with van der Waals surface area (Å²) in [6.45, 7) is 0. The number of rotatable bonds is 2. The summed E-state index contributed by atoms with van der Waals surface area (Å²) in [5.74, 6) is 0.727. The quantitative estimate of drug-likeness (QED) is 0.613. The third-order valence-electron chi connectivity index (χ3n) is 2.81. The molecule has 0 atom stereocenters. The molecule has 1 aromatic heterocycles. The number of aliphatic imine (C=N–C) groups is 1. The van der Waals surface area contributed by atoms with Gasteiger partial charge in [-0.15, -0.1) is 0 Å². The summed E-state index contributed by atoms with van der Waals surface area (Å²) in [4.78, 5) is 8.57. The molecular weight excluding hydrogens is 220 g/mol. The fourth-order valence-electron chi connectivity index (χ4n) is 1.93. The number of fused-ring (bicyclic) bond motifs is 1. The summed E-state index contributed by atoms with van der Waals surface area (Å²) in [6, 6.07) is 20.2. The van der Waals surface area contributed by atoms with Crippen LogP contribution < -0.4 is 0 Å². The first kappa shape index (κ1) is 10.7. The van der Waals surface area contributed by atoms with Gasteiger partial charge in [0.1, 0.15) is 0 Å². The van der Waals surface area contributed by atoms with Crippen molar-refractivity contribution < 1.29 is 0 Å². The smallest absolute Gasteiger partial charge is 0.151 e. The van der Waals surface area contributed by atoms with Gasteiger partial charge in [0, 0.05) is 18.0 Å². The first-order valence-electron chi connectivity index (χ1n) is 5.86. The molecule has 3 rings (SSSR count). The molecule has 0 bridgehead atoms. The van der Waals surface area contributed by atoms with Gasteiger partial charge in [-0.25, -0.2) is 9.98 Å². The first-order valence-corrected chi connectivity index (χ1v) is 5.86. The van der Waals surface area contributed by atoms with E-state index in [1.807, 2.05) is 42.6 Å². The second kappa shape index (κ2) is 4.80. The molecule has 0 saturated heterocycles. The van der Waals surface area contributed by atoms with Crippen molar-refractivity contribution in [1.29, 1.82) is 0 Å². The summed E-state index contributed by atoms with van der Waals surface area (Å²) in [6.07, 6.45) is 3.61. The number of aromatic nitrogens is 1. The monoisotopic (exact) mass is 232 g/mol. The van der Waals surface area contributed by atoms with Crippen LogP contribution in [0.25, 0.3) is 10.8 Å². The Hall–Kier alpha value is -2.48. The fourth-order valence-corrected chi connectivity index (χ4v) is 1.93. The normalized spacial score (nSPS) is 11.1. The van der Waals surface area contributed by atoms with E-state index in [1.165, 1.54) is 10.8 Å². The third-order valence-corrected chi connectivity index (χ3v) is 2.81. The van der Waals surface area contributed by atoms with E-state index >= 15 is 0 Å². The highest BCUT2D eigenvalue weighted by Crippen LogP contribution is 2.17. The van der Waals surface area contributed by atoms with Crippen LogP contribution in [0.1, 0.15) is 5.56 Å². The van der Waals surface area contributed by atoms with E-state index in [9.17, 15) is 0 Å². The third kappa shape index (κ3) is 2.13. The molecule has 0 saturated carbocycles. The van der Waals surface area contributed by atoms with Crippen LogP contribution in [0.5, 0.6) is 0 Å². The van der Waals surface area contributed by atoms with Gasteiger partial charge in [-0.3, -0.25) is 0 Å². The Kier molecular flexibility index (Phi) is 2.84. The number of nitrogens with zero attached hydrogens (tertiary/aromatic N) is 2. The van der Waals surface area contributed by atoms with Crippen LogP contribution in [0, 0.1) is 0 Å². The van der Waals surface area contributed by atoms with Crippen LogP contribution in [0.3, 0.4) is 0 Å². The van der Waals surface area contributed by atoms with Crippen LogP contribution in [-0.4, -0.2) is 11.2 Å². The van der Waals surface area contributed by atoms with Crippen LogP contribution in [0.2, 0.25) is 0 Å². The van der Waals surface area contributed by atoms with Crippen molar-refractivity contribution in [1.82, 2.24) is 4.98 Å². The molecule has 0 amide bonds. The Morgan fingerprint density at radius 1 is 0.833 bits per heavy atom. The molecule has 86 valence electrons. The van der Waals surface area contributed by atoms with E-state index in [1.54, 1.807) is 6.20 Å². The van der Waals surface area contributed by atoms with Gasteiger partial charge in [0.05, 0.1) is 0 Å². The van der Waals surface area contributed by atoms with E-state index in [0.29, 0.717) is 0 Å². The summed E-state index contributed by atoms with van der Waals surface area (Å²) < 4.78 is 0. The average Bonchev–Trinajstić information content (AvgIpc) is 2.46. The minimum absolute atomic E-state index is 0.727. The Balaban J connectivity index is 2.03. The zero-order valence-corrected chi connectivity index (χ0v) is 9.82. The maximum Gasteiger partial charge on any atom is 0.151 e. The molecule has 1 heterocycles. The van der Waals surface area contributed by atoms with Gasteiger partial charge in [-0.05, 0) is 22.9 Å². The first-order chi connectivity index (χ1) is 8.93. The predicted molar refractivity (Wildman–Crippen MR) is 75.4 cm³/mol. The zero-order valence-electron chi connectivity index (χ0n) is 9.82. The minimum Gasteiger partial charge on any atom is -0.237 e. The second-order valence-electron chi connectivity index (χ2n) is 4.01. The summed E-state index contributed by atoms with van der Waals surface area (Å²) >= 11 is 0. The summed E-state index contributed by atoms with van der Waals surface area (Å²) in [5, 5.41) is 2.43. The van der Waals surface area contributed by atoms with Crippen molar-refractivity contribution in [2.75, 3.05) is 0 Å². The number of hydrogen-bond acceptors (Lipinski definition) is 2. The standard InChI is InChI=1S/C16H12N2/c1-2-9-15-13(6-1)7-5-8-14(15)12-18-16-10-3-4-11-17-16/h1-12H/b18-12+. The molecule has 0 fully saturated rings. The molecule has 0 N–H and O–H groups in total. The largest absolute Gasteiger partial charge is 0.237 e. The van der Waals surface area contributed by atoms with Gasteiger partial charge in [0.25, 0.3) is 0 Å². The SMILES string of the molecule is C(=N\c1ccccn1)/c1cccc2ccccc12. The number of hydrogen-bond donors (Lipinski definition) is 0. The van der Waals surface area contributed by atoms with Gasteiger partial charge in [-0.2, -0.15) is 0 Å². The molecule has 2 heteroatoms. The summed E-state index contributed by atoms with van der Waals surface area (Å²) in [7, 11) is 0. The van der Waals surface area contributed by atoms with Gasteiger partial charge >= 0.3 is 0 Å². The maximum atomic E-state index is 4.39. The van der Waals surface area contributed by atoms with Gasteiger partial charge in [0.2, 0.25) is 0 Å². The van der Waals surface area contributed by atoms with E-state index < -0.39 is 0 Å². The zero-order chi connectivity index (χ0) is 12.2. The van der Waals surface area contributed by atoms with Gasteiger partial charge < -0.3 is 0 Å². The lowest BCUT2D eigenvalue weighted by Crippen LogP contribution is -1.84. The highest BCUT2D eigenvalue weighted by atomic mass is 14.9. The number of pyridine rings is 1. The Morgan fingerprint density at radius 3 is 2.56 bits per heavy atom. The lowest BCUT2D eigenvalue weighted by Gasteiger charge is -2.00. The highest BCUT2D eigenvalue weighted by molar-refractivity contribution is 6.00. The van der Waals surface area contributed by atoms with Crippen molar-refractivity contribution in [2.24, 2.45) is 4.99 Å². The maximum absolute atomic E-state index is 4.39. The lowest BCUT2D eigenvalue weighted by atomic mass is 10.1. The minimum atomic E-state index is 0.727. The van der Waals surface area contributed by atoms with Crippen molar-refractivity contribution in [2.45, 2.75) is 0 Å². The lowest BCUT2D eigenvalue weighted by molar-refractivity contribution is 1.28. The molecule has 3 aromatic rings. The van der Waals surface area contributed by atoms with E-state index in [-0.39, 0.29) is 0 Å². The van der Waals surface area contributed by atoms with E-state index in [0.717, 1.165) is 11.4 Å². The molecule has 0 unspecified atom stereocenters. The van der Waals surface area contributed by atoms with Crippen LogP contribution in [0.4, 0.5) is 5.82 Å². The fraction of sp³-hybridized carbons (Fsp3) is 0. The van der Waals surface area contributed by atoms with E-state index in [2.05, 4.69) is 34.2 Å². The van der Waals surface area contributed by atoms with Crippen molar-refractivity contribution in [3.63, 3.8) is 0 Å². The molecule has 18 heavy (non-hydrogen) atoms. The van der Waals surface area contributed by atoms with Crippen molar-refractivity contribution in [3.05, 3.63) is 72.4 Å². The molecule has 0 aliphatic rings. The highest BCUT2D eigenvalue weighted by Gasteiger charge is 1.96. The number of benzene rings is 2. The molecule has 0 aliphatic heterocycles. The molecule has 0 spiro atoms. The average molecular weight is 232 g/mol. The van der Waals surface area contributed by atoms with E-state index in [4.69, 9.17) is 0 Å². The molecule has 0 aliphatic carbocycles. The Labute approximate surface area is 106 Å². The molecule has 2 nitrogen and oxygen atoms in total. The molecular formula is C16H12N2.